The van der Waals surface area contributed by atoms with Crippen molar-refractivity contribution in [2.75, 3.05) is 0 Å². The quantitative estimate of drug-likeness (QED) is 0.176. The first-order valence-corrected chi connectivity index (χ1v) is 20.3. The van der Waals surface area contributed by atoms with Gasteiger partial charge in [0.2, 0.25) is 0 Å². The Morgan fingerprint density at radius 2 is 0.931 bits per heavy atom. The summed E-state index contributed by atoms with van der Waals surface area (Å²) in [4.78, 5) is 15.4. The smallest absolute Gasteiger partial charge is 0.164 e. The zero-order valence-corrected chi connectivity index (χ0v) is 32.0. The fraction of sp³-hybridized carbons (Fsp3) is 0. The van der Waals surface area contributed by atoms with Crippen LogP contribution in [0.15, 0.2) is 194 Å². The van der Waals surface area contributed by atoms with Gasteiger partial charge in [0.25, 0.3) is 0 Å². The Hall–Kier alpha value is -7.47. The van der Waals surface area contributed by atoms with Gasteiger partial charge >= 0.3 is 0 Å². The van der Waals surface area contributed by atoms with Crippen LogP contribution in [0.3, 0.4) is 0 Å². The van der Waals surface area contributed by atoms with Crippen LogP contribution < -0.4 is 0 Å². The number of fused-ring (bicyclic) bond motifs is 8. The second kappa shape index (κ2) is 13.1. The molecule has 0 aliphatic carbocycles. The van der Waals surface area contributed by atoms with E-state index < -0.39 is 0 Å². The monoisotopic (exact) mass is 756 g/mol. The summed E-state index contributed by atoms with van der Waals surface area (Å²) < 4.78 is 5.00. The topological polar surface area (TPSA) is 43.6 Å². The van der Waals surface area contributed by atoms with Crippen molar-refractivity contribution in [3.63, 3.8) is 0 Å². The van der Waals surface area contributed by atoms with Gasteiger partial charge in [0.15, 0.2) is 17.5 Å². The number of hydrogen-bond donors (Lipinski definition) is 0. The number of thiophene rings is 1. The van der Waals surface area contributed by atoms with E-state index in [0.29, 0.717) is 17.5 Å². The van der Waals surface area contributed by atoms with Crippen LogP contribution in [0, 0.1) is 0 Å². The highest BCUT2D eigenvalue weighted by Crippen LogP contribution is 2.48. The summed E-state index contributed by atoms with van der Waals surface area (Å²) in [5.41, 5.74) is 8.54. The summed E-state index contributed by atoms with van der Waals surface area (Å²) in [6.45, 7) is 0. The van der Waals surface area contributed by atoms with E-state index in [2.05, 4.69) is 162 Å². The first kappa shape index (κ1) is 32.7. The van der Waals surface area contributed by atoms with Crippen molar-refractivity contribution in [1.29, 1.82) is 0 Å². The lowest BCUT2D eigenvalue weighted by atomic mass is 9.91. The minimum absolute atomic E-state index is 0.625. The molecule has 0 fully saturated rings. The lowest BCUT2D eigenvalue weighted by Crippen LogP contribution is -2.02. The Bertz CT molecular complexity index is 3510. The molecule has 0 aliphatic heterocycles. The standard InChI is InChI=1S/C53H32N4S/c1-3-15-33(16-4-1)51-54-52(34-17-5-2-6-18-34)56-53(55-51)38-27-28-45(57-44-25-13-11-23-40(44)42-29-35-19-7-8-20-36(35)31-46(42)57)43(30-38)49-39-22-10-9-21-37(39)32-48-50(49)41-24-12-14-26-47(41)58-48/h1-32H. The Labute approximate surface area is 338 Å². The van der Waals surface area contributed by atoms with E-state index in [4.69, 9.17) is 15.0 Å². The zero-order valence-electron chi connectivity index (χ0n) is 31.2. The highest BCUT2D eigenvalue weighted by atomic mass is 32.1. The highest BCUT2D eigenvalue weighted by Gasteiger charge is 2.23. The molecular formula is C53H32N4S. The van der Waals surface area contributed by atoms with E-state index in [9.17, 15) is 0 Å². The van der Waals surface area contributed by atoms with Gasteiger partial charge in [-0.1, -0.05) is 146 Å². The molecule has 4 nitrogen and oxygen atoms in total. The van der Waals surface area contributed by atoms with Gasteiger partial charge in [-0.3, -0.25) is 0 Å². The van der Waals surface area contributed by atoms with Gasteiger partial charge < -0.3 is 4.57 Å². The summed E-state index contributed by atoms with van der Waals surface area (Å²) in [5.74, 6) is 1.90. The number of aromatic nitrogens is 4. The van der Waals surface area contributed by atoms with Crippen LogP contribution in [-0.2, 0) is 0 Å². The molecule has 5 heteroatoms. The van der Waals surface area contributed by atoms with Crippen LogP contribution in [0.25, 0.3) is 115 Å². The predicted octanol–water partition coefficient (Wildman–Crippen LogP) is 14.3. The minimum atomic E-state index is 0.625. The van der Waals surface area contributed by atoms with Gasteiger partial charge in [-0.05, 0) is 70.1 Å². The van der Waals surface area contributed by atoms with E-state index in [1.165, 1.54) is 63.6 Å². The lowest BCUT2D eigenvalue weighted by Gasteiger charge is -2.19. The maximum absolute atomic E-state index is 5.20. The first-order valence-electron chi connectivity index (χ1n) is 19.5. The molecule has 0 saturated heterocycles. The van der Waals surface area contributed by atoms with E-state index in [1.54, 1.807) is 0 Å². The molecule has 12 aromatic rings. The van der Waals surface area contributed by atoms with Crippen molar-refractivity contribution in [2.45, 2.75) is 0 Å². The van der Waals surface area contributed by atoms with Gasteiger partial charge in [0.05, 0.1) is 16.7 Å². The largest absolute Gasteiger partial charge is 0.309 e. The van der Waals surface area contributed by atoms with E-state index in [1.807, 2.05) is 47.7 Å². The molecule has 0 atom stereocenters. The van der Waals surface area contributed by atoms with Crippen LogP contribution in [0.1, 0.15) is 0 Å². The van der Waals surface area contributed by atoms with Crippen molar-refractivity contribution in [1.82, 2.24) is 19.5 Å². The summed E-state index contributed by atoms with van der Waals surface area (Å²) in [6, 6.07) is 69.3. The van der Waals surface area contributed by atoms with Gasteiger partial charge in [-0.15, -0.1) is 11.3 Å². The van der Waals surface area contributed by atoms with Crippen LogP contribution >= 0.6 is 11.3 Å². The maximum atomic E-state index is 5.20. The summed E-state index contributed by atoms with van der Waals surface area (Å²) in [7, 11) is 0. The third-order valence-electron chi connectivity index (χ3n) is 11.4. The second-order valence-corrected chi connectivity index (χ2v) is 15.9. The van der Waals surface area contributed by atoms with Crippen molar-refractivity contribution in [2.24, 2.45) is 0 Å². The molecule has 0 amide bonds. The molecule has 0 bridgehead atoms. The van der Waals surface area contributed by atoms with Crippen LogP contribution in [0.5, 0.6) is 0 Å². The Balaban J connectivity index is 1.23. The maximum Gasteiger partial charge on any atom is 0.164 e. The molecule has 0 saturated carbocycles. The molecule has 3 aromatic heterocycles. The molecule has 270 valence electrons. The fourth-order valence-electron chi connectivity index (χ4n) is 8.75. The molecule has 0 radical (unpaired) electrons. The number of benzene rings is 9. The third-order valence-corrected chi connectivity index (χ3v) is 12.5. The normalized spacial score (nSPS) is 11.8. The Kier molecular flexibility index (Phi) is 7.37. The van der Waals surface area contributed by atoms with Crippen LogP contribution in [0.2, 0.25) is 0 Å². The number of nitrogens with zero attached hydrogens (tertiary/aromatic N) is 4. The van der Waals surface area contributed by atoms with Crippen molar-refractivity contribution in [3.8, 4) is 51.0 Å². The Morgan fingerprint density at radius 1 is 0.362 bits per heavy atom. The van der Waals surface area contributed by atoms with Gasteiger partial charge in [-0.25, -0.2) is 15.0 Å². The number of rotatable bonds is 5. The summed E-state index contributed by atoms with van der Waals surface area (Å²) in [6.07, 6.45) is 0. The van der Waals surface area contributed by atoms with E-state index in [-0.39, 0.29) is 0 Å². The van der Waals surface area contributed by atoms with E-state index in [0.717, 1.165) is 33.5 Å². The van der Waals surface area contributed by atoms with Crippen molar-refractivity contribution in [3.05, 3.63) is 194 Å². The van der Waals surface area contributed by atoms with Crippen LogP contribution in [0.4, 0.5) is 0 Å². The van der Waals surface area contributed by atoms with Crippen molar-refractivity contribution >= 4 is 74.9 Å². The molecule has 0 aliphatic rings. The molecule has 58 heavy (non-hydrogen) atoms. The SMILES string of the molecule is c1ccc(-c2nc(-c3ccccc3)nc(-c3ccc(-n4c5ccccc5c5cc6ccccc6cc54)c(-c4c5ccccc5cc5sc6ccccc6c45)c3)n2)cc1. The van der Waals surface area contributed by atoms with Crippen molar-refractivity contribution < 1.29 is 0 Å². The van der Waals surface area contributed by atoms with Gasteiger partial charge in [0, 0.05) is 58.8 Å². The molecule has 12 rings (SSSR count). The predicted molar refractivity (Wildman–Crippen MR) is 244 cm³/mol. The fourth-order valence-corrected chi connectivity index (χ4v) is 9.92. The minimum Gasteiger partial charge on any atom is -0.309 e. The molecule has 0 N–H and O–H groups in total. The van der Waals surface area contributed by atoms with Gasteiger partial charge in [-0.2, -0.15) is 0 Å². The molecule has 0 unspecified atom stereocenters. The number of hydrogen-bond acceptors (Lipinski definition) is 4. The highest BCUT2D eigenvalue weighted by molar-refractivity contribution is 7.26. The molecule has 3 heterocycles. The average molecular weight is 757 g/mol. The average Bonchev–Trinajstić information content (AvgIpc) is 3.82. The van der Waals surface area contributed by atoms with Gasteiger partial charge in [0.1, 0.15) is 0 Å². The molecule has 0 spiro atoms. The second-order valence-electron chi connectivity index (χ2n) is 14.8. The van der Waals surface area contributed by atoms with E-state index >= 15 is 0 Å². The zero-order chi connectivity index (χ0) is 38.2. The molecule has 9 aromatic carbocycles. The summed E-state index contributed by atoms with van der Waals surface area (Å²) >= 11 is 1.86. The Morgan fingerprint density at radius 3 is 1.66 bits per heavy atom. The lowest BCUT2D eigenvalue weighted by molar-refractivity contribution is 1.07. The van der Waals surface area contributed by atoms with Crippen LogP contribution in [-0.4, -0.2) is 19.5 Å². The third kappa shape index (κ3) is 5.18. The number of para-hydroxylation sites is 1. The molecular weight excluding hydrogens is 725 g/mol. The summed E-state index contributed by atoms with van der Waals surface area (Å²) in [5, 5.41) is 9.81. The first-order chi connectivity index (χ1) is 28.7.